The Kier molecular flexibility index (Phi) is 33.6. The van der Waals surface area contributed by atoms with E-state index in [4.69, 9.17) is 9.47 Å². The number of allylic oxidation sites excluding steroid dienone is 6. The van der Waals surface area contributed by atoms with E-state index in [1.54, 1.807) is 12.2 Å². The summed E-state index contributed by atoms with van der Waals surface area (Å²) in [5.41, 5.74) is 0. The topological polar surface area (TPSA) is 72.8 Å². The second-order valence-electron chi connectivity index (χ2n) is 12.1. The summed E-state index contributed by atoms with van der Waals surface area (Å²) in [7, 11) is 0. The normalized spacial score (nSPS) is 12.7. The van der Waals surface area contributed by atoms with Gasteiger partial charge in [0, 0.05) is 12.2 Å². The Hall–Kier alpha value is -2.14. The minimum atomic E-state index is -0.888. The van der Waals surface area contributed by atoms with Gasteiger partial charge in [0.2, 0.25) is 0 Å². The third-order valence-electron chi connectivity index (χ3n) is 7.81. The van der Waals surface area contributed by atoms with Gasteiger partial charge in [-0.3, -0.25) is 0 Å². The van der Waals surface area contributed by atoms with Crippen LogP contribution in [-0.2, 0) is 19.1 Å². The van der Waals surface area contributed by atoms with Crippen LogP contribution < -0.4 is 0 Å². The van der Waals surface area contributed by atoms with Gasteiger partial charge in [-0.2, -0.15) is 0 Å². The summed E-state index contributed by atoms with van der Waals surface area (Å²) in [4.78, 5) is 23.9. The summed E-state index contributed by atoms with van der Waals surface area (Å²) >= 11 is 0. The zero-order chi connectivity index (χ0) is 32.2. The van der Waals surface area contributed by atoms with Crippen LogP contribution in [-0.4, -0.2) is 36.4 Å². The number of carbonyl (C=O) groups excluding carboxylic acids is 2. The van der Waals surface area contributed by atoms with E-state index in [-0.39, 0.29) is 6.61 Å². The van der Waals surface area contributed by atoms with Crippen molar-refractivity contribution in [2.75, 3.05) is 13.2 Å². The van der Waals surface area contributed by atoms with Crippen LogP contribution in [0.3, 0.4) is 0 Å². The maximum atomic E-state index is 12.0. The SMILES string of the molecule is CCCCCCCCCCCCCC=CC=CC(=O)OC[C@H](CO)OC(=O)C=CC=CCCCCCCCCCCCCC. The molecular formula is C39H68O5. The minimum Gasteiger partial charge on any atom is -0.458 e. The first-order valence-corrected chi connectivity index (χ1v) is 18.3. The molecule has 0 unspecified atom stereocenters. The van der Waals surface area contributed by atoms with Crippen molar-refractivity contribution < 1.29 is 24.2 Å². The van der Waals surface area contributed by atoms with E-state index in [9.17, 15) is 14.7 Å². The molecule has 0 saturated carbocycles. The van der Waals surface area contributed by atoms with Crippen molar-refractivity contribution >= 4 is 11.9 Å². The maximum absolute atomic E-state index is 12.0. The van der Waals surface area contributed by atoms with Crippen molar-refractivity contribution in [2.45, 2.75) is 174 Å². The Balaban J connectivity index is 3.77. The van der Waals surface area contributed by atoms with Crippen LogP contribution >= 0.6 is 0 Å². The number of aliphatic hydroxyl groups excluding tert-OH is 1. The van der Waals surface area contributed by atoms with Gasteiger partial charge >= 0.3 is 11.9 Å². The number of rotatable bonds is 32. The van der Waals surface area contributed by atoms with Crippen molar-refractivity contribution in [2.24, 2.45) is 0 Å². The third-order valence-corrected chi connectivity index (χ3v) is 7.81. The second kappa shape index (κ2) is 35.3. The van der Waals surface area contributed by atoms with Gasteiger partial charge in [-0.1, -0.05) is 179 Å². The summed E-state index contributed by atoms with van der Waals surface area (Å²) in [5.74, 6) is -1.10. The standard InChI is InChI=1S/C39H68O5/c1-3-5-7-9-11-13-15-17-19-21-23-25-27-29-31-33-38(41)43-36-37(35-40)44-39(42)34-32-30-28-26-24-22-20-18-16-14-12-10-8-6-4-2/h27-34,37,40H,3-26,35-36H2,1-2H3/t37-/m0/s1. The highest BCUT2D eigenvalue weighted by Crippen LogP contribution is 2.13. The van der Waals surface area contributed by atoms with Crippen molar-refractivity contribution in [3.63, 3.8) is 0 Å². The van der Waals surface area contributed by atoms with Crippen LogP contribution in [0.25, 0.3) is 0 Å². The number of unbranched alkanes of at least 4 members (excludes halogenated alkanes) is 22. The van der Waals surface area contributed by atoms with E-state index in [0.29, 0.717) is 0 Å². The van der Waals surface area contributed by atoms with Gasteiger partial charge in [0.15, 0.2) is 6.10 Å². The highest BCUT2D eigenvalue weighted by Gasteiger charge is 2.13. The smallest absolute Gasteiger partial charge is 0.331 e. The summed E-state index contributed by atoms with van der Waals surface area (Å²) < 4.78 is 10.3. The largest absolute Gasteiger partial charge is 0.458 e. The Bertz CT molecular complexity index is 752. The van der Waals surface area contributed by atoms with Crippen LogP contribution in [0.1, 0.15) is 168 Å². The molecule has 0 aromatic rings. The molecule has 0 aromatic heterocycles. The van der Waals surface area contributed by atoms with Gasteiger partial charge < -0.3 is 14.6 Å². The lowest BCUT2D eigenvalue weighted by molar-refractivity contribution is -0.154. The highest BCUT2D eigenvalue weighted by atomic mass is 16.6. The molecule has 0 spiro atoms. The first-order chi connectivity index (χ1) is 21.6. The molecule has 0 aromatic carbocycles. The molecule has 1 N–H and O–H groups in total. The summed E-state index contributed by atoms with van der Waals surface area (Å²) in [6.45, 7) is 3.92. The fraction of sp³-hybridized carbons (Fsp3) is 0.744. The van der Waals surface area contributed by atoms with E-state index in [1.807, 2.05) is 12.2 Å². The van der Waals surface area contributed by atoms with Crippen molar-refractivity contribution in [3.8, 4) is 0 Å². The number of ether oxygens (including phenoxy) is 2. The molecule has 254 valence electrons. The summed E-state index contributed by atoms with van der Waals surface area (Å²) in [6, 6.07) is 0. The zero-order valence-electron chi connectivity index (χ0n) is 28.7. The molecule has 0 amide bonds. The number of esters is 2. The van der Waals surface area contributed by atoms with E-state index in [2.05, 4.69) is 26.0 Å². The summed E-state index contributed by atoms with van der Waals surface area (Å²) in [5, 5.41) is 9.47. The molecule has 0 rings (SSSR count). The predicted octanol–water partition coefficient (Wildman–Crippen LogP) is 11.1. The van der Waals surface area contributed by atoms with Gasteiger partial charge in [0.1, 0.15) is 6.61 Å². The van der Waals surface area contributed by atoms with Crippen LogP contribution in [0.5, 0.6) is 0 Å². The zero-order valence-corrected chi connectivity index (χ0v) is 28.7. The van der Waals surface area contributed by atoms with Gasteiger partial charge in [-0.05, 0) is 25.7 Å². The Labute approximate surface area is 271 Å². The molecule has 5 heteroatoms. The Morgan fingerprint density at radius 1 is 0.523 bits per heavy atom. The number of carbonyl (C=O) groups is 2. The first-order valence-electron chi connectivity index (χ1n) is 18.3. The van der Waals surface area contributed by atoms with Crippen LogP contribution in [0.2, 0.25) is 0 Å². The fourth-order valence-corrected chi connectivity index (χ4v) is 5.02. The second-order valence-corrected chi connectivity index (χ2v) is 12.1. The van der Waals surface area contributed by atoms with E-state index >= 15 is 0 Å². The van der Waals surface area contributed by atoms with Crippen molar-refractivity contribution in [3.05, 3.63) is 48.6 Å². The number of hydrogen-bond donors (Lipinski definition) is 1. The number of hydrogen-bond acceptors (Lipinski definition) is 5. The van der Waals surface area contributed by atoms with Gasteiger partial charge in [0.05, 0.1) is 6.61 Å². The van der Waals surface area contributed by atoms with E-state index < -0.39 is 24.6 Å². The molecule has 0 aliphatic heterocycles. The molecular weight excluding hydrogens is 548 g/mol. The fourth-order valence-electron chi connectivity index (χ4n) is 5.02. The first kappa shape index (κ1) is 41.9. The molecule has 0 heterocycles. The van der Waals surface area contributed by atoms with E-state index in [0.717, 1.165) is 19.3 Å². The average Bonchev–Trinajstić information content (AvgIpc) is 3.02. The predicted molar refractivity (Wildman–Crippen MR) is 187 cm³/mol. The lowest BCUT2D eigenvalue weighted by Crippen LogP contribution is -2.27. The Morgan fingerprint density at radius 2 is 0.886 bits per heavy atom. The lowest BCUT2D eigenvalue weighted by atomic mass is 10.1. The Morgan fingerprint density at radius 3 is 1.27 bits per heavy atom. The summed E-state index contributed by atoms with van der Waals surface area (Å²) in [6.07, 6.45) is 44.2. The number of aliphatic hydroxyl groups is 1. The molecule has 0 radical (unpaired) electrons. The van der Waals surface area contributed by atoms with Crippen LogP contribution in [0.4, 0.5) is 0 Å². The molecule has 44 heavy (non-hydrogen) atoms. The van der Waals surface area contributed by atoms with Gasteiger partial charge in [0.25, 0.3) is 0 Å². The molecule has 0 saturated heterocycles. The molecule has 1 atom stereocenters. The molecule has 0 aliphatic carbocycles. The van der Waals surface area contributed by atoms with Gasteiger partial charge in [-0.25, -0.2) is 9.59 Å². The van der Waals surface area contributed by atoms with Crippen molar-refractivity contribution in [1.29, 1.82) is 0 Å². The average molecular weight is 617 g/mol. The maximum Gasteiger partial charge on any atom is 0.331 e. The quantitative estimate of drug-likeness (QED) is 0.0352. The minimum absolute atomic E-state index is 0.184. The third kappa shape index (κ3) is 32.8. The lowest BCUT2D eigenvalue weighted by Gasteiger charge is -2.13. The molecule has 0 bridgehead atoms. The van der Waals surface area contributed by atoms with E-state index in [1.165, 1.54) is 147 Å². The van der Waals surface area contributed by atoms with Crippen LogP contribution in [0.15, 0.2) is 48.6 Å². The van der Waals surface area contributed by atoms with Crippen molar-refractivity contribution in [1.82, 2.24) is 0 Å². The van der Waals surface area contributed by atoms with Crippen LogP contribution in [0, 0.1) is 0 Å². The molecule has 0 aliphatic rings. The molecule has 0 fully saturated rings. The highest BCUT2D eigenvalue weighted by molar-refractivity contribution is 5.83. The monoisotopic (exact) mass is 617 g/mol. The molecule has 5 nitrogen and oxygen atoms in total. The van der Waals surface area contributed by atoms with Gasteiger partial charge in [-0.15, -0.1) is 0 Å².